The molecule has 0 spiro atoms. The van der Waals surface area contributed by atoms with Crippen LogP contribution in [0, 0.1) is 0 Å². The molecule has 2 nitrogen and oxygen atoms in total. The van der Waals surface area contributed by atoms with Crippen molar-refractivity contribution in [3.8, 4) is 0 Å². The zero-order valence-corrected chi connectivity index (χ0v) is 7.22. The second kappa shape index (κ2) is 5.38. The highest BCUT2D eigenvalue weighted by atomic mass is 35.5. The highest BCUT2D eigenvalue weighted by Crippen LogP contribution is 1.82. The number of nitrogens with zero attached hydrogens (tertiary/aromatic N) is 2. The van der Waals surface area contributed by atoms with E-state index in [9.17, 15) is 0 Å². The molecule has 0 N–H and O–H groups in total. The SMILES string of the molecule is Cln1cccn1.c1ccccc1. The van der Waals surface area contributed by atoms with Gasteiger partial charge in [-0.1, -0.05) is 36.4 Å². The van der Waals surface area contributed by atoms with E-state index in [1.807, 2.05) is 36.4 Å². The van der Waals surface area contributed by atoms with Crippen LogP contribution in [0.25, 0.3) is 0 Å². The molecule has 0 unspecified atom stereocenters. The largest absolute Gasteiger partial charge is 0.180 e. The number of hydrogen-bond donors (Lipinski definition) is 0. The third-order valence-electron chi connectivity index (χ3n) is 1.14. The highest BCUT2D eigenvalue weighted by Gasteiger charge is 1.72. The molecule has 2 aromatic rings. The lowest BCUT2D eigenvalue weighted by Gasteiger charge is -1.71. The van der Waals surface area contributed by atoms with Crippen molar-refractivity contribution in [3.63, 3.8) is 0 Å². The van der Waals surface area contributed by atoms with Gasteiger partial charge in [-0.2, -0.15) is 9.30 Å². The van der Waals surface area contributed by atoms with Gasteiger partial charge in [0.25, 0.3) is 0 Å². The fraction of sp³-hybridized carbons (Fsp3) is 0. The fourth-order valence-electron chi connectivity index (χ4n) is 0.635. The average Bonchev–Trinajstić information content (AvgIpc) is 2.60. The molecule has 2 rings (SSSR count). The first-order chi connectivity index (χ1) is 5.89. The maximum absolute atomic E-state index is 5.26. The van der Waals surface area contributed by atoms with Gasteiger partial charge in [-0.25, -0.2) is 0 Å². The topological polar surface area (TPSA) is 17.8 Å². The average molecular weight is 181 g/mol. The summed E-state index contributed by atoms with van der Waals surface area (Å²) in [5.74, 6) is 0. The van der Waals surface area contributed by atoms with E-state index in [1.54, 1.807) is 18.5 Å². The van der Waals surface area contributed by atoms with Crippen LogP contribution in [0.15, 0.2) is 54.9 Å². The van der Waals surface area contributed by atoms with Crippen LogP contribution in [0.4, 0.5) is 0 Å². The van der Waals surface area contributed by atoms with Gasteiger partial charge >= 0.3 is 0 Å². The molecule has 0 bridgehead atoms. The molecule has 0 fully saturated rings. The summed E-state index contributed by atoms with van der Waals surface area (Å²) < 4.78 is 1.22. The van der Waals surface area contributed by atoms with E-state index >= 15 is 0 Å². The van der Waals surface area contributed by atoms with Crippen molar-refractivity contribution >= 4 is 11.8 Å². The highest BCUT2D eigenvalue weighted by molar-refractivity contribution is 6.14. The van der Waals surface area contributed by atoms with E-state index in [-0.39, 0.29) is 0 Å². The van der Waals surface area contributed by atoms with Gasteiger partial charge in [0.1, 0.15) is 0 Å². The van der Waals surface area contributed by atoms with E-state index in [0.29, 0.717) is 0 Å². The summed E-state index contributed by atoms with van der Waals surface area (Å²) in [6, 6.07) is 13.8. The van der Waals surface area contributed by atoms with Crippen LogP contribution < -0.4 is 0 Å². The summed E-state index contributed by atoms with van der Waals surface area (Å²) in [7, 11) is 0. The van der Waals surface area contributed by atoms with E-state index in [2.05, 4.69) is 5.10 Å². The minimum Gasteiger partial charge on any atom is -0.180 e. The van der Waals surface area contributed by atoms with Crippen molar-refractivity contribution in [2.75, 3.05) is 0 Å². The predicted molar refractivity (Wildman–Crippen MR) is 49.9 cm³/mol. The zero-order valence-electron chi connectivity index (χ0n) is 6.47. The number of halogens is 1. The quantitative estimate of drug-likeness (QED) is 0.610. The molecule has 0 atom stereocenters. The molecule has 0 saturated carbocycles. The fourth-order valence-corrected chi connectivity index (χ4v) is 0.751. The summed E-state index contributed by atoms with van der Waals surface area (Å²) in [4.78, 5) is 0. The van der Waals surface area contributed by atoms with E-state index in [0.717, 1.165) is 0 Å². The first-order valence-corrected chi connectivity index (χ1v) is 3.89. The van der Waals surface area contributed by atoms with Gasteiger partial charge in [-0.05, 0) is 6.07 Å². The molecular weight excluding hydrogens is 172 g/mol. The third kappa shape index (κ3) is 3.78. The van der Waals surface area contributed by atoms with E-state index in [4.69, 9.17) is 11.8 Å². The van der Waals surface area contributed by atoms with E-state index < -0.39 is 0 Å². The lowest BCUT2D eigenvalue weighted by atomic mass is 10.4. The Hall–Kier alpha value is -1.28. The first-order valence-electron chi connectivity index (χ1n) is 3.55. The minimum atomic E-state index is 1.22. The predicted octanol–water partition coefficient (Wildman–Crippen LogP) is 2.57. The van der Waals surface area contributed by atoms with Gasteiger partial charge in [0, 0.05) is 18.0 Å². The standard InChI is InChI=1S/C6H6.C3H3ClN2/c1-2-4-6-5-3-1;4-6-3-1-2-5-6/h1-6H;1-3H. The smallest absolute Gasteiger partial charge is 0.0504 e. The molecular formula is C9H9ClN2. The molecule has 0 amide bonds. The van der Waals surface area contributed by atoms with Crippen LogP contribution in [0.2, 0.25) is 0 Å². The molecule has 0 aliphatic carbocycles. The summed E-state index contributed by atoms with van der Waals surface area (Å²) >= 11 is 5.26. The van der Waals surface area contributed by atoms with Crippen molar-refractivity contribution < 1.29 is 0 Å². The molecule has 12 heavy (non-hydrogen) atoms. The summed E-state index contributed by atoms with van der Waals surface area (Å²) in [6.07, 6.45) is 3.27. The van der Waals surface area contributed by atoms with Gasteiger partial charge in [-0.15, -0.1) is 0 Å². The Bertz CT molecular complexity index is 252. The molecule has 0 radical (unpaired) electrons. The molecule has 1 aromatic heterocycles. The van der Waals surface area contributed by atoms with Crippen LogP contribution in [-0.4, -0.2) is 9.30 Å². The van der Waals surface area contributed by atoms with Crippen molar-refractivity contribution in [2.24, 2.45) is 0 Å². The van der Waals surface area contributed by atoms with Gasteiger partial charge in [-0.3, -0.25) is 0 Å². The van der Waals surface area contributed by atoms with Gasteiger partial charge in [0.15, 0.2) is 0 Å². The van der Waals surface area contributed by atoms with Crippen molar-refractivity contribution in [2.45, 2.75) is 0 Å². The second-order valence-electron chi connectivity index (χ2n) is 2.05. The van der Waals surface area contributed by atoms with Crippen LogP contribution in [0.3, 0.4) is 0 Å². The van der Waals surface area contributed by atoms with Gasteiger partial charge in [0.05, 0.1) is 6.20 Å². The zero-order chi connectivity index (χ0) is 8.65. The molecule has 0 saturated heterocycles. The van der Waals surface area contributed by atoms with Crippen molar-refractivity contribution in [3.05, 3.63) is 54.9 Å². The Morgan fingerprint density at radius 1 is 0.833 bits per heavy atom. The molecule has 1 heterocycles. The number of benzene rings is 1. The lowest BCUT2D eigenvalue weighted by Crippen LogP contribution is -1.73. The second-order valence-corrected chi connectivity index (χ2v) is 2.40. The maximum atomic E-state index is 5.26. The van der Waals surface area contributed by atoms with Crippen LogP contribution in [-0.2, 0) is 0 Å². The van der Waals surface area contributed by atoms with Gasteiger partial charge < -0.3 is 0 Å². The molecule has 1 aromatic carbocycles. The number of hydrogen-bond acceptors (Lipinski definition) is 1. The Kier molecular flexibility index (Phi) is 3.95. The van der Waals surface area contributed by atoms with E-state index in [1.165, 1.54) is 4.20 Å². The Balaban J connectivity index is 0.000000120. The van der Waals surface area contributed by atoms with Gasteiger partial charge in [0.2, 0.25) is 0 Å². The molecule has 0 aliphatic heterocycles. The minimum absolute atomic E-state index is 1.22. The first kappa shape index (κ1) is 8.81. The molecule has 3 heteroatoms. The van der Waals surface area contributed by atoms with Crippen LogP contribution in [0.1, 0.15) is 0 Å². The van der Waals surface area contributed by atoms with Crippen LogP contribution in [0.5, 0.6) is 0 Å². The van der Waals surface area contributed by atoms with Crippen molar-refractivity contribution in [1.29, 1.82) is 0 Å². The molecule has 62 valence electrons. The number of aromatic nitrogens is 2. The Morgan fingerprint density at radius 2 is 1.33 bits per heavy atom. The molecule has 0 aliphatic rings. The normalized spacial score (nSPS) is 8.42. The summed E-state index contributed by atoms with van der Waals surface area (Å²) in [5.41, 5.74) is 0. The monoisotopic (exact) mass is 180 g/mol. The lowest BCUT2D eigenvalue weighted by molar-refractivity contribution is 0.994. The summed E-state index contributed by atoms with van der Waals surface area (Å²) in [5, 5.41) is 3.60. The summed E-state index contributed by atoms with van der Waals surface area (Å²) in [6.45, 7) is 0. The number of rotatable bonds is 0. The van der Waals surface area contributed by atoms with Crippen molar-refractivity contribution in [1.82, 2.24) is 9.30 Å². The Morgan fingerprint density at radius 3 is 1.50 bits per heavy atom. The third-order valence-corrected chi connectivity index (χ3v) is 1.34. The Labute approximate surface area is 76.5 Å². The maximum Gasteiger partial charge on any atom is 0.0504 e. The van der Waals surface area contributed by atoms with Crippen LogP contribution >= 0.6 is 11.8 Å².